The number of sulfonamides is 1. The molecule has 0 radical (unpaired) electrons. The SMILES string of the molecule is Cc1cc(C)c(C(C)NC(=O)c2ccccc2NS(C)(=O)=O)cc1C. The zero-order valence-corrected chi connectivity index (χ0v) is 16.0. The molecule has 1 unspecified atom stereocenters. The first-order valence-electron chi connectivity index (χ1n) is 8.04. The van der Waals surface area contributed by atoms with Crippen molar-refractivity contribution in [1.82, 2.24) is 5.32 Å². The van der Waals surface area contributed by atoms with Crippen LogP contribution in [0.4, 0.5) is 5.69 Å². The van der Waals surface area contributed by atoms with Crippen LogP contribution in [0.15, 0.2) is 36.4 Å². The average Bonchev–Trinajstić information content (AvgIpc) is 2.49. The molecule has 5 nitrogen and oxygen atoms in total. The van der Waals surface area contributed by atoms with Gasteiger partial charge in [-0.05, 0) is 62.1 Å². The minimum atomic E-state index is -3.46. The van der Waals surface area contributed by atoms with Gasteiger partial charge in [-0.1, -0.05) is 24.3 Å². The van der Waals surface area contributed by atoms with E-state index >= 15 is 0 Å². The van der Waals surface area contributed by atoms with Crippen LogP contribution in [-0.4, -0.2) is 20.6 Å². The summed E-state index contributed by atoms with van der Waals surface area (Å²) in [6.07, 6.45) is 1.06. The first-order valence-corrected chi connectivity index (χ1v) is 9.93. The maximum atomic E-state index is 12.7. The highest BCUT2D eigenvalue weighted by molar-refractivity contribution is 7.92. The van der Waals surface area contributed by atoms with Gasteiger partial charge in [-0.25, -0.2) is 8.42 Å². The first-order chi connectivity index (χ1) is 11.6. The second-order valence-electron chi connectivity index (χ2n) is 6.41. The fourth-order valence-corrected chi connectivity index (χ4v) is 3.35. The van der Waals surface area contributed by atoms with Gasteiger partial charge in [0.05, 0.1) is 23.5 Å². The zero-order valence-electron chi connectivity index (χ0n) is 15.2. The minimum absolute atomic E-state index is 0.196. The van der Waals surface area contributed by atoms with Gasteiger partial charge in [0, 0.05) is 0 Å². The van der Waals surface area contributed by atoms with Crippen LogP contribution < -0.4 is 10.0 Å². The van der Waals surface area contributed by atoms with Crippen LogP contribution in [-0.2, 0) is 10.0 Å². The number of nitrogens with one attached hydrogen (secondary N) is 2. The van der Waals surface area contributed by atoms with E-state index in [2.05, 4.69) is 29.1 Å². The Hall–Kier alpha value is -2.34. The van der Waals surface area contributed by atoms with Crippen molar-refractivity contribution >= 4 is 21.6 Å². The number of aryl methyl sites for hydroxylation is 3. The Morgan fingerprint density at radius 3 is 2.24 bits per heavy atom. The van der Waals surface area contributed by atoms with E-state index in [-0.39, 0.29) is 17.6 Å². The molecule has 2 rings (SSSR count). The molecule has 0 aromatic heterocycles. The molecule has 0 bridgehead atoms. The Balaban J connectivity index is 2.27. The monoisotopic (exact) mass is 360 g/mol. The molecular formula is C19H24N2O3S. The van der Waals surface area contributed by atoms with Gasteiger partial charge >= 0.3 is 0 Å². The van der Waals surface area contributed by atoms with E-state index < -0.39 is 10.0 Å². The molecule has 2 N–H and O–H groups in total. The Morgan fingerprint density at radius 1 is 1.00 bits per heavy atom. The summed E-state index contributed by atoms with van der Waals surface area (Å²) in [5.74, 6) is -0.322. The van der Waals surface area contributed by atoms with Crippen LogP contribution in [0, 0.1) is 20.8 Å². The van der Waals surface area contributed by atoms with E-state index in [1.807, 2.05) is 20.8 Å². The maximum Gasteiger partial charge on any atom is 0.253 e. The third-order valence-electron chi connectivity index (χ3n) is 4.16. The average molecular weight is 360 g/mol. The molecule has 0 saturated carbocycles. The highest BCUT2D eigenvalue weighted by Gasteiger charge is 2.17. The number of para-hydroxylation sites is 1. The quantitative estimate of drug-likeness (QED) is 0.857. The normalized spacial score (nSPS) is 12.5. The fraction of sp³-hybridized carbons (Fsp3) is 0.316. The van der Waals surface area contributed by atoms with E-state index in [4.69, 9.17) is 0 Å². The van der Waals surface area contributed by atoms with Gasteiger partial charge in [0.15, 0.2) is 0 Å². The van der Waals surface area contributed by atoms with Crippen molar-refractivity contribution in [2.24, 2.45) is 0 Å². The molecule has 2 aromatic carbocycles. The Morgan fingerprint density at radius 2 is 1.60 bits per heavy atom. The fourth-order valence-electron chi connectivity index (χ4n) is 2.77. The molecule has 134 valence electrons. The topological polar surface area (TPSA) is 75.3 Å². The maximum absolute atomic E-state index is 12.7. The molecule has 0 fully saturated rings. The second-order valence-corrected chi connectivity index (χ2v) is 8.16. The Labute approximate surface area is 149 Å². The number of carbonyl (C=O) groups excluding carboxylic acids is 1. The number of rotatable bonds is 5. The standard InChI is InChI=1S/C19H24N2O3S/c1-12-10-14(3)17(11-13(12)2)15(4)20-19(22)16-8-6-7-9-18(16)21-25(5,23)24/h6-11,15,21H,1-5H3,(H,20,22). The largest absolute Gasteiger partial charge is 0.345 e. The molecule has 0 heterocycles. The second kappa shape index (κ2) is 7.27. The molecule has 0 saturated heterocycles. The van der Waals surface area contributed by atoms with Crippen LogP contribution in [0.25, 0.3) is 0 Å². The van der Waals surface area contributed by atoms with Crippen molar-refractivity contribution in [3.8, 4) is 0 Å². The third kappa shape index (κ3) is 4.82. The first kappa shape index (κ1) is 19.0. The molecular weight excluding hydrogens is 336 g/mol. The summed E-state index contributed by atoms with van der Waals surface area (Å²) in [4.78, 5) is 12.7. The van der Waals surface area contributed by atoms with Gasteiger partial charge in [-0.2, -0.15) is 0 Å². The number of carbonyl (C=O) groups is 1. The van der Waals surface area contributed by atoms with Crippen molar-refractivity contribution in [1.29, 1.82) is 0 Å². The lowest BCUT2D eigenvalue weighted by Gasteiger charge is -2.19. The van der Waals surface area contributed by atoms with Crippen molar-refractivity contribution in [3.05, 3.63) is 64.2 Å². The lowest BCUT2D eigenvalue weighted by atomic mass is 9.96. The van der Waals surface area contributed by atoms with E-state index in [9.17, 15) is 13.2 Å². The van der Waals surface area contributed by atoms with Crippen LogP contribution in [0.3, 0.4) is 0 Å². The number of hydrogen-bond donors (Lipinski definition) is 2. The van der Waals surface area contributed by atoms with Gasteiger partial charge in [0.2, 0.25) is 10.0 Å². The summed E-state index contributed by atoms with van der Waals surface area (Å²) < 4.78 is 25.4. The summed E-state index contributed by atoms with van der Waals surface area (Å²) >= 11 is 0. The number of hydrogen-bond acceptors (Lipinski definition) is 3. The van der Waals surface area contributed by atoms with E-state index in [0.717, 1.165) is 17.4 Å². The smallest absolute Gasteiger partial charge is 0.253 e. The van der Waals surface area contributed by atoms with E-state index in [1.165, 1.54) is 11.1 Å². The van der Waals surface area contributed by atoms with E-state index in [1.54, 1.807) is 24.3 Å². The van der Waals surface area contributed by atoms with Gasteiger partial charge < -0.3 is 5.32 Å². The predicted octanol–water partition coefficient (Wildman–Crippen LogP) is 3.47. The van der Waals surface area contributed by atoms with Gasteiger partial charge in [0.1, 0.15) is 0 Å². The van der Waals surface area contributed by atoms with Crippen LogP contribution in [0.1, 0.15) is 45.6 Å². The van der Waals surface area contributed by atoms with Crippen molar-refractivity contribution in [2.45, 2.75) is 33.7 Å². The number of amides is 1. The highest BCUT2D eigenvalue weighted by atomic mass is 32.2. The molecule has 2 aromatic rings. The lowest BCUT2D eigenvalue weighted by Crippen LogP contribution is -2.28. The minimum Gasteiger partial charge on any atom is -0.345 e. The number of anilines is 1. The Kier molecular flexibility index (Phi) is 5.52. The van der Waals surface area contributed by atoms with Gasteiger partial charge in [0.25, 0.3) is 5.91 Å². The third-order valence-corrected chi connectivity index (χ3v) is 4.75. The predicted molar refractivity (Wildman–Crippen MR) is 101 cm³/mol. The summed E-state index contributed by atoms with van der Waals surface area (Å²) in [7, 11) is -3.46. The summed E-state index contributed by atoms with van der Waals surface area (Å²) in [5, 5.41) is 2.95. The molecule has 1 amide bonds. The highest BCUT2D eigenvalue weighted by Crippen LogP contribution is 2.23. The van der Waals surface area contributed by atoms with E-state index in [0.29, 0.717) is 5.56 Å². The van der Waals surface area contributed by atoms with Crippen molar-refractivity contribution < 1.29 is 13.2 Å². The molecule has 0 aliphatic rings. The number of benzene rings is 2. The van der Waals surface area contributed by atoms with Gasteiger partial charge in [-0.15, -0.1) is 0 Å². The van der Waals surface area contributed by atoms with Crippen LogP contribution in [0.2, 0.25) is 0 Å². The molecule has 6 heteroatoms. The molecule has 25 heavy (non-hydrogen) atoms. The van der Waals surface area contributed by atoms with Crippen LogP contribution >= 0.6 is 0 Å². The molecule has 0 spiro atoms. The molecule has 0 aliphatic heterocycles. The summed E-state index contributed by atoms with van der Waals surface area (Å²) in [5.41, 5.74) is 5.10. The zero-order chi connectivity index (χ0) is 18.8. The molecule has 0 aliphatic carbocycles. The molecule has 1 atom stereocenters. The van der Waals surface area contributed by atoms with Gasteiger partial charge in [-0.3, -0.25) is 9.52 Å². The van der Waals surface area contributed by atoms with Crippen LogP contribution in [0.5, 0.6) is 0 Å². The summed E-state index contributed by atoms with van der Waals surface area (Å²) in [6.45, 7) is 8.03. The summed E-state index contributed by atoms with van der Waals surface area (Å²) in [6, 6.07) is 10.5. The van der Waals surface area contributed by atoms with Crippen molar-refractivity contribution in [2.75, 3.05) is 11.0 Å². The Bertz CT molecular complexity index is 905. The lowest BCUT2D eigenvalue weighted by molar-refractivity contribution is 0.0940. The van der Waals surface area contributed by atoms with Crippen molar-refractivity contribution in [3.63, 3.8) is 0 Å².